The molecule has 2 N–H and O–H groups in total. The minimum atomic E-state index is -1.52. The molecule has 20 heavy (non-hydrogen) atoms. The molecular weight excluding hydrogens is 287 g/mol. The van der Waals surface area contributed by atoms with E-state index in [1.54, 1.807) is 11.8 Å². The number of halogens is 1. The highest BCUT2D eigenvalue weighted by Gasteiger charge is 2.24. The number of nitrogens with zero attached hydrogens (tertiary/aromatic N) is 1. The van der Waals surface area contributed by atoms with Gasteiger partial charge < -0.3 is 10.4 Å². The lowest BCUT2D eigenvalue weighted by Gasteiger charge is -2.23. The molecule has 0 amide bonds. The zero-order chi connectivity index (χ0) is 14.7. The summed E-state index contributed by atoms with van der Waals surface area (Å²) in [5, 5.41) is 22.7. The number of nitro benzene ring substituents is 1. The van der Waals surface area contributed by atoms with Gasteiger partial charge >= 0.3 is 5.97 Å². The van der Waals surface area contributed by atoms with E-state index in [1.165, 1.54) is 0 Å². The maximum absolute atomic E-state index is 13.7. The van der Waals surface area contributed by atoms with E-state index in [1.807, 2.05) is 0 Å². The molecule has 0 atom stereocenters. The van der Waals surface area contributed by atoms with Crippen LogP contribution in [0.2, 0.25) is 0 Å². The Balaban J connectivity index is 2.33. The van der Waals surface area contributed by atoms with Crippen LogP contribution in [0.4, 0.5) is 15.8 Å². The SMILES string of the molecule is O=C(O)c1cc([N+](=O)[O-])c(NC2CCSCC2)cc1F. The van der Waals surface area contributed by atoms with Crippen LogP contribution in [0, 0.1) is 15.9 Å². The minimum absolute atomic E-state index is 0.0365. The molecule has 6 nitrogen and oxygen atoms in total. The highest BCUT2D eigenvalue weighted by molar-refractivity contribution is 7.99. The van der Waals surface area contributed by atoms with Gasteiger partial charge in [-0.25, -0.2) is 9.18 Å². The molecule has 8 heteroatoms. The van der Waals surface area contributed by atoms with E-state index >= 15 is 0 Å². The van der Waals surface area contributed by atoms with E-state index in [2.05, 4.69) is 5.32 Å². The van der Waals surface area contributed by atoms with Gasteiger partial charge in [0, 0.05) is 18.2 Å². The molecule has 1 aliphatic rings. The number of carbonyl (C=O) groups is 1. The summed E-state index contributed by atoms with van der Waals surface area (Å²) >= 11 is 1.80. The number of nitro groups is 1. The first-order valence-electron chi connectivity index (χ1n) is 6.04. The van der Waals surface area contributed by atoms with Gasteiger partial charge in [0.05, 0.1) is 4.92 Å². The summed E-state index contributed by atoms with van der Waals surface area (Å²) in [6, 6.07) is 1.70. The number of carboxylic acid groups (broad SMARTS) is 1. The van der Waals surface area contributed by atoms with Crippen LogP contribution in [0.25, 0.3) is 0 Å². The fourth-order valence-electron chi connectivity index (χ4n) is 2.05. The van der Waals surface area contributed by atoms with Gasteiger partial charge in [-0.1, -0.05) is 0 Å². The lowest BCUT2D eigenvalue weighted by Crippen LogP contribution is -2.25. The van der Waals surface area contributed by atoms with Crippen molar-refractivity contribution in [1.82, 2.24) is 0 Å². The number of hydrogen-bond donors (Lipinski definition) is 2. The zero-order valence-corrected chi connectivity index (χ0v) is 11.3. The second kappa shape index (κ2) is 6.08. The van der Waals surface area contributed by atoms with Crippen LogP contribution in [0.1, 0.15) is 23.2 Å². The van der Waals surface area contributed by atoms with Crippen molar-refractivity contribution in [2.24, 2.45) is 0 Å². The van der Waals surface area contributed by atoms with Crippen molar-refractivity contribution in [3.05, 3.63) is 33.6 Å². The van der Waals surface area contributed by atoms with E-state index in [0.29, 0.717) is 0 Å². The second-order valence-corrected chi connectivity index (χ2v) is 5.67. The Labute approximate surface area is 118 Å². The summed E-state index contributed by atoms with van der Waals surface area (Å²) < 4.78 is 13.7. The van der Waals surface area contributed by atoms with Crippen molar-refractivity contribution >= 4 is 29.1 Å². The van der Waals surface area contributed by atoms with Crippen molar-refractivity contribution in [2.45, 2.75) is 18.9 Å². The third-order valence-electron chi connectivity index (χ3n) is 3.09. The fourth-order valence-corrected chi connectivity index (χ4v) is 3.16. The van der Waals surface area contributed by atoms with Gasteiger partial charge in [0.15, 0.2) is 0 Å². The van der Waals surface area contributed by atoms with Crippen molar-refractivity contribution in [1.29, 1.82) is 0 Å². The Morgan fingerprint density at radius 3 is 2.65 bits per heavy atom. The Morgan fingerprint density at radius 2 is 2.10 bits per heavy atom. The third kappa shape index (κ3) is 3.19. The molecular formula is C12H13FN2O4S. The van der Waals surface area contributed by atoms with Gasteiger partial charge in [-0.2, -0.15) is 11.8 Å². The topological polar surface area (TPSA) is 92.5 Å². The molecule has 1 saturated heterocycles. The monoisotopic (exact) mass is 300 g/mol. The van der Waals surface area contributed by atoms with E-state index in [4.69, 9.17) is 5.11 Å². The normalized spacial score (nSPS) is 15.8. The van der Waals surface area contributed by atoms with Crippen molar-refractivity contribution < 1.29 is 19.2 Å². The predicted molar refractivity (Wildman–Crippen MR) is 74.0 cm³/mol. The number of carboxylic acids is 1. The summed E-state index contributed by atoms with van der Waals surface area (Å²) in [7, 11) is 0. The largest absolute Gasteiger partial charge is 0.478 e. The fraction of sp³-hybridized carbons (Fsp3) is 0.417. The van der Waals surface area contributed by atoms with Gasteiger partial charge in [-0.3, -0.25) is 10.1 Å². The molecule has 1 aromatic carbocycles. The van der Waals surface area contributed by atoms with Gasteiger partial charge in [0.2, 0.25) is 0 Å². The van der Waals surface area contributed by atoms with Crippen LogP contribution < -0.4 is 5.32 Å². The molecule has 108 valence electrons. The Bertz CT molecular complexity index is 547. The van der Waals surface area contributed by atoms with E-state index in [-0.39, 0.29) is 11.7 Å². The number of aromatic carboxylic acids is 1. The number of benzene rings is 1. The third-order valence-corrected chi connectivity index (χ3v) is 4.14. The van der Waals surface area contributed by atoms with Crippen LogP contribution in [0.5, 0.6) is 0 Å². The van der Waals surface area contributed by atoms with E-state index in [9.17, 15) is 19.3 Å². The maximum Gasteiger partial charge on any atom is 0.338 e. The molecule has 1 aliphatic heterocycles. The molecule has 0 aromatic heterocycles. The smallest absolute Gasteiger partial charge is 0.338 e. The molecule has 1 fully saturated rings. The first-order chi connectivity index (χ1) is 9.49. The van der Waals surface area contributed by atoms with Crippen LogP contribution in [0.15, 0.2) is 12.1 Å². The molecule has 2 rings (SSSR count). The number of hydrogen-bond acceptors (Lipinski definition) is 5. The lowest BCUT2D eigenvalue weighted by molar-refractivity contribution is -0.384. The average molecular weight is 300 g/mol. The van der Waals surface area contributed by atoms with Crippen LogP contribution in [-0.2, 0) is 0 Å². The number of anilines is 1. The van der Waals surface area contributed by atoms with Gasteiger partial charge in [-0.15, -0.1) is 0 Å². The molecule has 0 aliphatic carbocycles. The summed E-state index contributed by atoms with van der Waals surface area (Å²) in [5.74, 6) is -0.607. The molecule has 0 radical (unpaired) electrons. The molecule has 1 heterocycles. The molecule has 0 spiro atoms. The van der Waals surface area contributed by atoms with Crippen LogP contribution in [-0.4, -0.2) is 33.5 Å². The predicted octanol–water partition coefficient (Wildman–Crippen LogP) is 2.74. The van der Waals surface area contributed by atoms with Crippen molar-refractivity contribution in [3.8, 4) is 0 Å². The summed E-state index contributed by atoms with van der Waals surface area (Å²) in [6.07, 6.45) is 1.67. The van der Waals surface area contributed by atoms with Crippen molar-refractivity contribution in [2.75, 3.05) is 16.8 Å². The van der Waals surface area contributed by atoms with Gasteiger partial charge in [0.1, 0.15) is 17.1 Å². The highest BCUT2D eigenvalue weighted by atomic mass is 32.2. The summed E-state index contributed by atoms with van der Waals surface area (Å²) in [6.45, 7) is 0. The van der Waals surface area contributed by atoms with Gasteiger partial charge in [-0.05, 0) is 24.3 Å². The number of thioether (sulfide) groups is 1. The summed E-state index contributed by atoms with van der Waals surface area (Å²) in [5.41, 5.74) is -1.07. The Kier molecular flexibility index (Phi) is 4.43. The number of nitrogens with one attached hydrogen (secondary N) is 1. The minimum Gasteiger partial charge on any atom is -0.478 e. The van der Waals surface area contributed by atoms with E-state index in [0.717, 1.165) is 36.5 Å². The highest BCUT2D eigenvalue weighted by Crippen LogP contribution is 2.30. The first kappa shape index (κ1) is 14.6. The molecule has 0 unspecified atom stereocenters. The average Bonchev–Trinajstić information content (AvgIpc) is 2.39. The van der Waals surface area contributed by atoms with Gasteiger partial charge in [0.25, 0.3) is 5.69 Å². The quantitative estimate of drug-likeness (QED) is 0.656. The Morgan fingerprint density at radius 1 is 1.45 bits per heavy atom. The first-order valence-corrected chi connectivity index (χ1v) is 7.20. The van der Waals surface area contributed by atoms with Crippen LogP contribution >= 0.6 is 11.8 Å². The zero-order valence-electron chi connectivity index (χ0n) is 10.5. The molecule has 0 bridgehead atoms. The summed E-state index contributed by atoms with van der Waals surface area (Å²) in [4.78, 5) is 21.1. The Hall–Kier alpha value is -1.83. The molecule has 1 aromatic rings. The second-order valence-electron chi connectivity index (χ2n) is 4.44. The molecule has 0 saturated carbocycles. The maximum atomic E-state index is 13.7. The van der Waals surface area contributed by atoms with E-state index < -0.39 is 28.0 Å². The number of rotatable bonds is 4. The van der Waals surface area contributed by atoms with Crippen LogP contribution in [0.3, 0.4) is 0 Å². The van der Waals surface area contributed by atoms with Crippen molar-refractivity contribution in [3.63, 3.8) is 0 Å². The lowest BCUT2D eigenvalue weighted by atomic mass is 10.1. The standard InChI is InChI=1S/C12H13FN2O4S/c13-9-6-10(14-7-1-3-20-4-2-7)11(15(18)19)5-8(9)12(16)17/h5-7,14H,1-4H2,(H,16,17).